The van der Waals surface area contributed by atoms with E-state index < -0.39 is 0 Å². The third kappa shape index (κ3) is 3.53. The van der Waals surface area contributed by atoms with E-state index in [-0.39, 0.29) is 19.1 Å². The summed E-state index contributed by atoms with van der Waals surface area (Å²) in [4.78, 5) is 0. The fraction of sp³-hybridized carbons (Fsp3) is 0.500. The molecule has 84 valence electrons. The summed E-state index contributed by atoms with van der Waals surface area (Å²) >= 11 is 0. The Labute approximate surface area is 90.3 Å². The number of hydrogen-bond acceptors (Lipinski definition) is 3. The van der Waals surface area contributed by atoms with E-state index in [0.717, 1.165) is 17.7 Å². The monoisotopic (exact) mass is 210 g/mol. The van der Waals surface area contributed by atoms with Crippen LogP contribution in [-0.2, 0) is 0 Å². The fourth-order valence-corrected chi connectivity index (χ4v) is 1.60. The normalized spacial score (nSPS) is 12.5. The summed E-state index contributed by atoms with van der Waals surface area (Å²) < 4.78 is 5.12. The summed E-state index contributed by atoms with van der Waals surface area (Å²) in [6.45, 7) is 0.271. The molecule has 2 N–H and O–H groups in total. The number of benzene rings is 1. The topological polar surface area (TPSA) is 49.7 Å². The molecule has 0 fully saturated rings. The number of methoxy groups -OCH3 is 1. The average Bonchev–Trinajstić information content (AvgIpc) is 2.30. The van der Waals surface area contributed by atoms with E-state index in [0.29, 0.717) is 6.42 Å². The molecule has 15 heavy (non-hydrogen) atoms. The summed E-state index contributed by atoms with van der Waals surface area (Å²) in [5.74, 6) is 0.891. The van der Waals surface area contributed by atoms with E-state index >= 15 is 0 Å². The maximum atomic E-state index is 9.25. The molecule has 0 aliphatic carbocycles. The first-order valence-electron chi connectivity index (χ1n) is 5.17. The van der Waals surface area contributed by atoms with Crippen LogP contribution in [0.15, 0.2) is 24.3 Å². The molecule has 0 aliphatic rings. The van der Waals surface area contributed by atoms with Crippen molar-refractivity contribution in [3.8, 4) is 5.75 Å². The lowest BCUT2D eigenvalue weighted by Crippen LogP contribution is -2.05. The van der Waals surface area contributed by atoms with Gasteiger partial charge in [-0.3, -0.25) is 0 Å². The van der Waals surface area contributed by atoms with E-state index in [1.807, 2.05) is 24.3 Å². The molecule has 1 aromatic rings. The Kier molecular flexibility index (Phi) is 5.15. The molecule has 3 nitrogen and oxygen atoms in total. The molecule has 0 radical (unpaired) electrons. The minimum atomic E-state index is 0.0900. The predicted molar refractivity (Wildman–Crippen MR) is 59.1 cm³/mol. The van der Waals surface area contributed by atoms with Crippen molar-refractivity contribution in [2.24, 2.45) is 0 Å². The molecule has 0 amide bonds. The van der Waals surface area contributed by atoms with Gasteiger partial charge in [-0.1, -0.05) is 12.1 Å². The van der Waals surface area contributed by atoms with Gasteiger partial charge < -0.3 is 14.9 Å². The lowest BCUT2D eigenvalue weighted by Gasteiger charge is -2.14. The molecule has 1 unspecified atom stereocenters. The second-order valence-electron chi connectivity index (χ2n) is 3.52. The highest BCUT2D eigenvalue weighted by Gasteiger charge is 2.10. The van der Waals surface area contributed by atoms with Crippen LogP contribution in [0.25, 0.3) is 0 Å². The van der Waals surface area contributed by atoms with Crippen molar-refractivity contribution in [1.29, 1.82) is 0 Å². The van der Waals surface area contributed by atoms with Crippen LogP contribution in [0.1, 0.15) is 24.3 Å². The van der Waals surface area contributed by atoms with Gasteiger partial charge >= 0.3 is 0 Å². The van der Waals surface area contributed by atoms with Crippen LogP contribution >= 0.6 is 0 Å². The van der Waals surface area contributed by atoms with Gasteiger partial charge in [-0.15, -0.1) is 0 Å². The molecule has 0 saturated carbocycles. The molecule has 0 saturated heterocycles. The molecule has 1 rings (SSSR count). The second kappa shape index (κ2) is 6.43. The van der Waals surface area contributed by atoms with E-state index in [1.165, 1.54) is 0 Å². The summed E-state index contributed by atoms with van der Waals surface area (Å²) in [5, 5.41) is 18.0. The third-order valence-electron chi connectivity index (χ3n) is 2.50. The van der Waals surface area contributed by atoms with Crippen LogP contribution in [0.3, 0.4) is 0 Å². The van der Waals surface area contributed by atoms with E-state index in [9.17, 15) is 5.11 Å². The van der Waals surface area contributed by atoms with Gasteiger partial charge in [-0.25, -0.2) is 0 Å². The van der Waals surface area contributed by atoms with Crippen LogP contribution in [0.2, 0.25) is 0 Å². The summed E-state index contributed by atoms with van der Waals surface area (Å²) in [7, 11) is 1.63. The Morgan fingerprint density at radius 1 is 1.33 bits per heavy atom. The molecule has 1 aromatic carbocycles. The Bertz CT molecular complexity index is 286. The van der Waals surface area contributed by atoms with Crippen molar-refractivity contribution >= 4 is 0 Å². The summed E-state index contributed by atoms with van der Waals surface area (Å²) in [6, 6.07) is 7.69. The Morgan fingerprint density at radius 3 is 2.73 bits per heavy atom. The molecule has 1 atom stereocenters. The molecular weight excluding hydrogens is 192 g/mol. The Hall–Kier alpha value is -1.06. The largest absolute Gasteiger partial charge is 0.497 e. The van der Waals surface area contributed by atoms with Gasteiger partial charge in [0.15, 0.2) is 0 Å². The van der Waals surface area contributed by atoms with E-state index in [2.05, 4.69) is 0 Å². The van der Waals surface area contributed by atoms with Crippen LogP contribution < -0.4 is 4.74 Å². The smallest absolute Gasteiger partial charge is 0.119 e. The van der Waals surface area contributed by atoms with Crippen LogP contribution in [-0.4, -0.2) is 30.5 Å². The van der Waals surface area contributed by atoms with Crippen LogP contribution in [0.4, 0.5) is 0 Å². The maximum absolute atomic E-state index is 9.25. The lowest BCUT2D eigenvalue weighted by molar-refractivity contribution is 0.236. The highest BCUT2D eigenvalue weighted by molar-refractivity contribution is 5.30. The first-order chi connectivity index (χ1) is 7.31. The average molecular weight is 210 g/mol. The van der Waals surface area contributed by atoms with Crippen molar-refractivity contribution in [2.75, 3.05) is 20.3 Å². The van der Waals surface area contributed by atoms with Gasteiger partial charge in [-0.05, 0) is 30.5 Å². The zero-order chi connectivity index (χ0) is 11.1. The molecule has 0 heterocycles. The van der Waals surface area contributed by atoms with Gasteiger partial charge in [0, 0.05) is 19.1 Å². The van der Waals surface area contributed by atoms with Crippen molar-refractivity contribution < 1.29 is 14.9 Å². The molecule has 0 bridgehead atoms. The quantitative estimate of drug-likeness (QED) is 0.749. The first kappa shape index (κ1) is 12.0. The number of hydrogen-bond donors (Lipinski definition) is 2. The lowest BCUT2D eigenvalue weighted by atomic mass is 9.95. The number of aliphatic hydroxyl groups excluding tert-OH is 2. The molecule has 0 aliphatic heterocycles. The molecule has 3 heteroatoms. The SMILES string of the molecule is COc1cccc(C(CO)CCCO)c1. The molecule has 0 spiro atoms. The Morgan fingerprint density at radius 2 is 2.13 bits per heavy atom. The van der Waals surface area contributed by atoms with Gasteiger partial charge in [-0.2, -0.15) is 0 Å². The molecular formula is C12H18O3. The Balaban J connectivity index is 2.72. The number of rotatable bonds is 6. The fourth-order valence-electron chi connectivity index (χ4n) is 1.60. The number of ether oxygens (including phenoxy) is 1. The van der Waals surface area contributed by atoms with Crippen LogP contribution in [0.5, 0.6) is 5.75 Å². The van der Waals surface area contributed by atoms with Gasteiger partial charge in [0.25, 0.3) is 0 Å². The summed E-state index contributed by atoms with van der Waals surface area (Å²) in [5.41, 5.74) is 1.06. The number of aliphatic hydroxyl groups is 2. The standard InChI is InChI=1S/C12H18O3/c1-15-12-6-2-4-10(8-12)11(9-14)5-3-7-13/h2,4,6,8,11,13-14H,3,5,7,9H2,1H3. The first-order valence-corrected chi connectivity index (χ1v) is 5.17. The molecule has 0 aromatic heterocycles. The van der Waals surface area contributed by atoms with Gasteiger partial charge in [0.05, 0.1) is 7.11 Å². The zero-order valence-corrected chi connectivity index (χ0v) is 9.02. The van der Waals surface area contributed by atoms with Crippen LogP contribution in [0, 0.1) is 0 Å². The maximum Gasteiger partial charge on any atom is 0.119 e. The summed E-state index contributed by atoms with van der Waals surface area (Å²) in [6.07, 6.45) is 1.50. The van der Waals surface area contributed by atoms with Gasteiger partial charge in [0.2, 0.25) is 0 Å². The minimum Gasteiger partial charge on any atom is -0.497 e. The van der Waals surface area contributed by atoms with Crippen molar-refractivity contribution in [3.05, 3.63) is 29.8 Å². The zero-order valence-electron chi connectivity index (χ0n) is 9.02. The van der Waals surface area contributed by atoms with Crippen molar-refractivity contribution in [3.63, 3.8) is 0 Å². The highest BCUT2D eigenvalue weighted by Crippen LogP contribution is 2.24. The minimum absolute atomic E-state index is 0.0900. The van der Waals surface area contributed by atoms with Crippen molar-refractivity contribution in [2.45, 2.75) is 18.8 Å². The van der Waals surface area contributed by atoms with E-state index in [4.69, 9.17) is 9.84 Å². The second-order valence-corrected chi connectivity index (χ2v) is 3.52. The highest BCUT2D eigenvalue weighted by atomic mass is 16.5. The van der Waals surface area contributed by atoms with E-state index in [1.54, 1.807) is 7.11 Å². The van der Waals surface area contributed by atoms with Crippen molar-refractivity contribution in [1.82, 2.24) is 0 Å². The van der Waals surface area contributed by atoms with Gasteiger partial charge in [0.1, 0.15) is 5.75 Å². The predicted octanol–water partition coefficient (Wildman–Crippen LogP) is 1.54. The third-order valence-corrected chi connectivity index (χ3v) is 2.50.